The highest BCUT2D eigenvalue weighted by molar-refractivity contribution is 8.14. The summed E-state index contributed by atoms with van der Waals surface area (Å²) in [5.41, 5.74) is 0. The second-order valence-corrected chi connectivity index (χ2v) is 5.59. The Morgan fingerprint density at radius 2 is 2.07 bits per heavy atom. The van der Waals surface area contributed by atoms with Crippen molar-refractivity contribution in [3.05, 3.63) is 11.3 Å². The smallest absolute Gasteiger partial charge is 0.313 e. The van der Waals surface area contributed by atoms with Gasteiger partial charge in [-0.25, -0.2) is 0 Å². The summed E-state index contributed by atoms with van der Waals surface area (Å²) < 4.78 is 4.76. The van der Waals surface area contributed by atoms with Crippen molar-refractivity contribution >= 4 is 34.4 Å². The largest absolute Gasteiger partial charge is 0.433 e. The van der Waals surface area contributed by atoms with E-state index in [0.717, 1.165) is 30.9 Å². The zero-order valence-corrected chi connectivity index (χ0v) is 10.2. The van der Waals surface area contributed by atoms with Crippen LogP contribution < -0.4 is 0 Å². The van der Waals surface area contributed by atoms with Gasteiger partial charge in [-0.15, -0.1) is 0 Å². The van der Waals surface area contributed by atoms with Crippen LogP contribution in [0.5, 0.6) is 0 Å². The summed E-state index contributed by atoms with van der Waals surface area (Å²) in [7, 11) is 0. The molecule has 0 bridgehead atoms. The lowest BCUT2D eigenvalue weighted by Gasteiger charge is -2.02. The van der Waals surface area contributed by atoms with Gasteiger partial charge in [0.2, 0.25) is 5.12 Å². The molecule has 0 atom stereocenters. The van der Waals surface area contributed by atoms with Gasteiger partial charge >= 0.3 is 5.97 Å². The third-order valence-electron chi connectivity index (χ3n) is 1.73. The molecule has 0 unspecified atom stereocenters. The Kier molecular flexibility index (Phi) is 4.67. The number of ether oxygens (including phenoxy) is 1. The molecule has 3 nitrogen and oxygen atoms in total. The molecule has 0 aromatic heterocycles. The number of esters is 1. The van der Waals surface area contributed by atoms with Gasteiger partial charge in [0.25, 0.3) is 0 Å². The third-order valence-corrected chi connectivity index (χ3v) is 3.01. The van der Waals surface area contributed by atoms with Crippen LogP contribution in [0, 0.1) is 5.92 Å². The Hall–Kier alpha value is -0.480. The summed E-state index contributed by atoms with van der Waals surface area (Å²) in [5.74, 6) is -0.283. The molecule has 1 rings (SSSR count). The molecule has 0 saturated heterocycles. The van der Waals surface area contributed by atoms with Crippen molar-refractivity contribution < 1.29 is 14.3 Å². The normalized spacial score (nSPS) is 16.7. The lowest BCUT2D eigenvalue weighted by Crippen LogP contribution is -2.04. The molecule has 1 saturated carbocycles. The van der Waals surface area contributed by atoms with Gasteiger partial charge in [0, 0.05) is 5.25 Å². The quantitative estimate of drug-likeness (QED) is 0.436. The van der Waals surface area contributed by atoms with Crippen LogP contribution in [0.25, 0.3) is 0 Å². The van der Waals surface area contributed by atoms with E-state index in [1.165, 1.54) is 0 Å². The molecule has 0 heterocycles. The van der Waals surface area contributed by atoms with Crippen molar-refractivity contribution in [2.45, 2.75) is 31.9 Å². The summed E-state index contributed by atoms with van der Waals surface area (Å²) in [4.78, 5) is 22.4. The molecule has 0 aliphatic heterocycles. The number of rotatable bonds is 4. The lowest BCUT2D eigenvalue weighted by molar-refractivity contribution is -0.139. The maximum atomic E-state index is 11.3. The average molecular weight is 249 g/mol. The van der Waals surface area contributed by atoms with Crippen molar-refractivity contribution in [3.63, 3.8) is 0 Å². The van der Waals surface area contributed by atoms with Crippen LogP contribution in [-0.2, 0) is 14.3 Å². The Balaban J connectivity index is 2.36. The molecule has 1 aliphatic carbocycles. The zero-order valence-electron chi connectivity index (χ0n) is 8.66. The van der Waals surface area contributed by atoms with Gasteiger partial charge in [-0.3, -0.25) is 9.59 Å². The molecule has 1 fully saturated rings. The van der Waals surface area contributed by atoms with Crippen LogP contribution in [0.2, 0.25) is 0 Å². The summed E-state index contributed by atoms with van der Waals surface area (Å²) >= 11 is 6.77. The number of hydrogen-bond donors (Lipinski definition) is 0. The topological polar surface area (TPSA) is 43.4 Å². The molecule has 0 N–H and O–H groups in total. The monoisotopic (exact) mass is 248 g/mol. The summed E-state index contributed by atoms with van der Waals surface area (Å²) in [6, 6.07) is 0. The third kappa shape index (κ3) is 4.71. The molecular formula is C10H13ClO3S. The van der Waals surface area contributed by atoms with Crippen LogP contribution >= 0.6 is 23.4 Å². The number of carbonyl (C=O) groups excluding carboxylic acids is 2. The average Bonchev–Trinajstić information content (AvgIpc) is 2.95. The van der Waals surface area contributed by atoms with Gasteiger partial charge in [0.05, 0.1) is 5.92 Å². The Morgan fingerprint density at radius 3 is 2.53 bits per heavy atom. The van der Waals surface area contributed by atoms with Crippen LogP contribution in [0.1, 0.15) is 26.7 Å². The van der Waals surface area contributed by atoms with E-state index in [-0.39, 0.29) is 27.3 Å². The highest BCUT2D eigenvalue weighted by Crippen LogP contribution is 2.30. The SMILES string of the molecule is CC(C)SC(=O)/C(Cl)=C/OC(=O)C1CC1. The minimum Gasteiger partial charge on any atom is -0.433 e. The number of carbonyl (C=O) groups is 2. The van der Waals surface area contributed by atoms with Gasteiger partial charge in [0.15, 0.2) is 0 Å². The van der Waals surface area contributed by atoms with Crippen molar-refractivity contribution in [2.24, 2.45) is 5.92 Å². The van der Waals surface area contributed by atoms with Crippen LogP contribution in [0.15, 0.2) is 11.3 Å². The first-order valence-corrected chi connectivity index (χ1v) is 6.03. The van der Waals surface area contributed by atoms with Crippen LogP contribution in [0.3, 0.4) is 0 Å². The van der Waals surface area contributed by atoms with E-state index in [0.29, 0.717) is 0 Å². The van der Waals surface area contributed by atoms with E-state index in [2.05, 4.69) is 0 Å². The van der Waals surface area contributed by atoms with E-state index >= 15 is 0 Å². The van der Waals surface area contributed by atoms with Gasteiger partial charge in [-0.2, -0.15) is 0 Å². The van der Waals surface area contributed by atoms with E-state index in [1.807, 2.05) is 13.8 Å². The second-order valence-electron chi connectivity index (χ2n) is 3.63. The van der Waals surface area contributed by atoms with Gasteiger partial charge in [-0.05, 0) is 12.8 Å². The predicted octanol–water partition coefficient (Wildman–Crippen LogP) is 2.69. The fourth-order valence-electron chi connectivity index (χ4n) is 0.844. The van der Waals surface area contributed by atoms with Gasteiger partial charge in [-0.1, -0.05) is 37.2 Å². The Labute approximate surface area is 98.2 Å². The number of halogens is 1. The molecule has 0 spiro atoms. The summed E-state index contributed by atoms with van der Waals surface area (Å²) in [6.07, 6.45) is 2.79. The van der Waals surface area contributed by atoms with E-state index in [9.17, 15) is 9.59 Å². The fraction of sp³-hybridized carbons (Fsp3) is 0.600. The van der Waals surface area contributed by atoms with E-state index in [4.69, 9.17) is 16.3 Å². The van der Waals surface area contributed by atoms with Crippen LogP contribution in [0.4, 0.5) is 0 Å². The van der Waals surface area contributed by atoms with E-state index < -0.39 is 0 Å². The van der Waals surface area contributed by atoms with Crippen molar-refractivity contribution in [1.29, 1.82) is 0 Å². The summed E-state index contributed by atoms with van der Waals surface area (Å²) in [5, 5.41) is -0.142. The molecule has 15 heavy (non-hydrogen) atoms. The first kappa shape index (κ1) is 12.6. The number of thioether (sulfide) groups is 1. The van der Waals surface area contributed by atoms with Crippen molar-refractivity contribution in [1.82, 2.24) is 0 Å². The predicted molar refractivity (Wildman–Crippen MR) is 60.5 cm³/mol. The Morgan fingerprint density at radius 1 is 1.47 bits per heavy atom. The molecule has 84 valence electrons. The minimum absolute atomic E-state index is 0.0126. The van der Waals surface area contributed by atoms with Crippen molar-refractivity contribution in [2.75, 3.05) is 0 Å². The van der Waals surface area contributed by atoms with Gasteiger partial charge in [0.1, 0.15) is 11.3 Å². The Bertz CT molecular complexity index is 295. The van der Waals surface area contributed by atoms with Crippen molar-refractivity contribution in [3.8, 4) is 0 Å². The first-order valence-electron chi connectivity index (χ1n) is 4.78. The molecular weight excluding hydrogens is 236 g/mol. The highest BCUT2D eigenvalue weighted by atomic mass is 35.5. The first-order chi connectivity index (χ1) is 7.00. The fourth-order valence-corrected chi connectivity index (χ4v) is 1.61. The highest BCUT2D eigenvalue weighted by Gasteiger charge is 2.31. The molecule has 0 aromatic carbocycles. The lowest BCUT2D eigenvalue weighted by atomic mass is 10.4. The maximum Gasteiger partial charge on any atom is 0.313 e. The second kappa shape index (κ2) is 5.56. The molecule has 0 radical (unpaired) electrons. The number of hydrogen-bond acceptors (Lipinski definition) is 4. The molecule has 5 heteroatoms. The molecule has 0 amide bonds. The summed E-state index contributed by atoms with van der Waals surface area (Å²) in [6.45, 7) is 3.78. The van der Waals surface area contributed by atoms with Crippen LogP contribution in [-0.4, -0.2) is 16.3 Å². The zero-order chi connectivity index (χ0) is 11.4. The van der Waals surface area contributed by atoms with Gasteiger partial charge < -0.3 is 4.74 Å². The molecule has 0 aromatic rings. The standard InChI is InChI=1S/C10H13ClO3S/c1-6(2)15-10(13)8(11)5-14-9(12)7-3-4-7/h5-7H,3-4H2,1-2H3/b8-5-. The minimum atomic E-state index is -0.296. The van der Waals surface area contributed by atoms with E-state index in [1.54, 1.807) is 0 Å². The maximum absolute atomic E-state index is 11.3. The molecule has 1 aliphatic rings.